The second kappa shape index (κ2) is 5.89. The quantitative estimate of drug-likeness (QED) is 0.807. The highest BCUT2D eigenvalue weighted by molar-refractivity contribution is 9.10. The Labute approximate surface area is 127 Å². The summed E-state index contributed by atoms with van der Waals surface area (Å²) in [6.07, 6.45) is 0. The average Bonchev–Trinajstić information content (AvgIpc) is 2.39. The van der Waals surface area contributed by atoms with Crippen LogP contribution in [0.1, 0.15) is 15.9 Å². The first kappa shape index (κ1) is 14.9. The number of anilines is 1. The van der Waals surface area contributed by atoms with Gasteiger partial charge in [0.1, 0.15) is 5.82 Å². The molecule has 0 radical (unpaired) electrons. The van der Waals surface area contributed by atoms with Gasteiger partial charge in [-0.25, -0.2) is 8.78 Å². The van der Waals surface area contributed by atoms with Gasteiger partial charge in [-0.05, 0) is 52.7 Å². The first-order valence-corrected chi connectivity index (χ1v) is 6.78. The van der Waals surface area contributed by atoms with Crippen LogP contribution < -0.4 is 5.32 Å². The number of rotatable bonds is 2. The monoisotopic (exact) mass is 359 g/mol. The van der Waals surface area contributed by atoms with Crippen LogP contribution in [0.5, 0.6) is 0 Å². The Morgan fingerprint density at radius 2 is 2.00 bits per heavy atom. The van der Waals surface area contributed by atoms with E-state index >= 15 is 0 Å². The highest BCUT2D eigenvalue weighted by Gasteiger charge is 2.15. The maximum atomic E-state index is 13.7. The highest BCUT2D eigenvalue weighted by Crippen LogP contribution is 2.25. The van der Waals surface area contributed by atoms with Crippen LogP contribution in [0.4, 0.5) is 14.5 Å². The average molecular weight is 361 g/mol. The minimum absolute atomic E-state index is 0.130. The fourth-order valence-electron chi connectivity index (χ4n) is 1.65. The molecule has 0 saturated carbocycles. The van der Waals surface area contributed by atoms with Gasteiger partial charge < -0.3 is 5.32 Å². The van der Waals surface area contributed by atoms with Crippen molar-refractivity contribution in [2.45, 2.75) is 6.92 Å². The number of carbonyl (C=O) groups is 1. The van der Waals surface area contributed by atoms with Crippen LogP contribution in [0.3, 0.4) is 0 Å². The number of benzene rings is 2. The van der Waals surface area contributed by atoms with Crippen molar-refractivity contribution in [3.8, 4) is 0 Å². The van der Waals surface area contributed by atoms with Gasteiger partial charge in [0.05, 0.1) is 15.1 Å². The van der Waals surface area contributed by atoms with E-state index in [0.29, 0.717) is 11.3 Å². The van der Waals surface area contributed by atoms with Crippen LogP contribution >= 0.6 is 27.5 Å². The molecule has 2 rings (SSSR count). The normalized spacial score (nSPS) is 10.4. The van der Waals surface area contributed by atoms with E-state index in [9.17, 15) is 13.6 Å². The number of nitrogens with one attached hydrogen (secondary N) is 1. The first-order chi connectivity index (χ1) is 9.40. The zero-order valence-electron chi connectivity index (χ0n) is 10.3. The minimum atomic E-state index is -0.787. The molecule has 0 aliphatic carbocycles. The number of carbonyl (C=O) groups excluding carboxylic acids is 1. The lowest BCUT2D eigenvalue weighted by Crippen LogP contribution is -2.14. The Balaban J connectivity index is 2.33. The zero-order valence-corrected chi connectivity index (χ0v) is 12.6. The fourth-order valence-corrected chi connectivity index (χ4v) is 2.17. The molecule has 1 N–H and O–H groups in total. The molecule has 0 aromatic heterocycles. The molecule has 2 aromatic rings. The van der Waals surface area contributed by atoms with E-state index in [2.05, 4.69) is 21.2 Å². The maximum absolute atomic E-state index is 13.7. The third kappa shape index (κ3) is 2.99. The van der Waals surface area contributed by atoms with Gasteiger partial charge in [0.25, 0.3) is 5.91 Å². The zero-order chi connectivity index (χ0) is 14.9. The standard InChI is InChI=1S/C14H9BrClF2NO/c1-7-5-11(17)9(15)6-12(7)19-14(20)8-3-2-4-10(16)13(8)18/h2-6H,1H3,(H,19,20). The molecule has 0 unspecified atom stereocenters. The molecule has 0 aliphatic rings. The lowest BCUT2D eigenvalue weighted by atomic mass is 10.1. The number of halogens is 4. The molecule has 0 aliphatic heterocycles. The second-order valence-electron chi connectivity index (χ2n) is 4.14. The summed E-state index contributed by atoms with van der Waals surface area (Å²) in [5.74, 6) is -1.87. The van der Waals surface area contributed by atoms with Crippen molar-refractivity contribution in [2.24, 2.45) is 0 Å². The lowest BCUT2D eigenvalue weighted by Gasteiger charge is -2.10. The molecule has 0 saturated heterocycles. The Bertz CT molecular complexity index is 691. The predicted octanol–water partition coefficient (Wildman–Crippen LogP) is 4.94. The lowest BCUT2D eigenvalue weighted by molar-refractivity contribution is 0.102. The highest BCUT2D eigenvalue weighted by atomic mass is 79.9. The van der Waals surface area contributed by atoms with Crippen LogP contribution in [0.15, 0.2) is 34.8 Å². The molecule has 0 fully saturated rings. The number of aryl methyl sites for hydroxylation is 1. The van der Waals surface area contributed by atoms with Gasteiger partial charge in [-0.1, -0.05) is 17.7 Å². The molecule has 2 nitrogen and oxygen atoms in total. The molecule has 0 spiro atoms. The smallest absolute Gasteiger partial charge is 0.258 e. The van der Waals surface area contributed by atoms with E-state index < -0.39 is 17.5 Å². The summed E-state index contributed by atoms with van der Waals surface area (Å²) >= 11 is 8.66. The molecule has 1 amide bonds. The van der Waals surface area contributed by atoms with Crippen molar-refractivity contribution in [3.63, 3.8) is 0 Å². The predicted molar refractivity (Wildman–Crippen MR) is 78.2 cm³/mol. The van der Waals surface area contributed by atoms with Gasteiger partial charge >= 0.3 is 0 Å². The van der Waals surface area contributed by atoms with Crippen LogP contribution in [-0.4, -0.2) is 5.91 Å². The topological polar surface area (TPSA) is 29.1 Å². The third-order valence-corrected chi connectivity index (χ3v) is 3.61. The van der Waals surface area contributed by atoms with Gasteiger partial charge in [0.15, 0.2) is 5.82 Å². The summed E-state index contributed by atoms with van der Waals surface area (Å²) in [6.45, 7) is 1.64. The van der Waals surface area contributed by atoms with Crippen molar-refractivity contribution < 1.29 is 13.6 Å². The van der Waals surface area contributed by atoms with Crippen LogP contribution in [-0.2, 0) is 0 Å². The van der Waals surface area contributed by atoms with Gasteiger partial charge in [-0.3, -0.25) is 4.79 Å². The SMILES string of the molecule is Cc1cc(F)c(Br)cc1NC(=O)c1cccc(Cl)c1F. The van der Waals surface area contributed by atoms with E-state index in [-0.39, 0.29) is 15.1 Å². The number of amides is 1. The Hall–Kier alpha value is -1.46. The van der Waals surface area contributed by atoms with Crippen molar-refractivity contribution >= 4 is 39.1 Å². The maximum Gasteiger partial charge on any atom is 0.258 e. The number of hydrogen-bond acceptors (Lipinski definition) is 1. The fraction of sp³-hybridized carbons (Fsp3) is 0.0714. The molecule has 0 atom stereocenters. The van der Waals surface area contributed by atoms with Gasteiger partial charge in [-0.15, -0.1) is 0 Å². The largest absolute Gasteiger partial charge is 0.322 e. The molecular weight excluding hydrogens is 352 g/mol. The van der Waals surface area contributed by atoms with Crippen molar-refractivity contribution in [1.82, 2.24) is 0 Å². The Kier molecular flexibility index (Phi) is 4.40. The molecule has 20 heavy (non-hydrogen) atoms. The summed E-state index contributed by atoms with van der Waals surface area (Å²) in [5.41, 5.74) is 0.751. The summed E-state index contributed by atoms with van der Waals surface area (Å²) in [6, 6.07) is 6.85. The molecule has 6 heteroatoms. The van der Waals surface area contributed by atoms with E-state index in [1.807, 2.05) is 0 Å². The summed E-state index contributed by atoms with van der Waals surface area (Å²) < 4.78 is 27.2. The third-order valence-electron chi connectivity index (χ3n) is 2.71. The van der Waals surface area contributed by atoms with Crippen molar-refractivity contribution in [1.29, 1.82) is 0 Å². The summed E-state index contributed by atoms with van der Waals surface area (Å²) in [7, 11) is 0. The summed E-state index contributed by atoms with van der Waals surface area (Å²) in [5, 5.41) is 2.40. The Morgan fingerprint density at radius 3 is 2.70 bits per heavy atom. The van der Waals surface area contributed by atoms with Gasteiger partial charge in [0.2, 0.25) is 0 Å². The molecule has 2 aromatic carbocycles. The van der Waals surface area contributed by atoms with E-state index in [4.69, 9.17) is 11.6 Å². The van der Waals surface area contributed by atoms with Crippen LogP contribution in [0.2, 0.25) is 5.02 Å². The van der Waals surface area contributed by atoms with E-state index in [1.165, 1.54) is 30.3 Å². The first-order valence-electron chi connectivity index (χ1n) is 5.61. The second-order valence-corrected chi connectivity index (χ2v) is 5.40. The summed E-state index contributed by atoms with van der Waals surface area (Å²) in [4.78, 5) is 12.0. The van der Waals surface area contributed by atoms with E-state index in [0.717, 1.165) is 0 Å². The molecule has 0 heterocycles. The van der Waals surface area contributed by atoms with Crippen LogP contribution in [0.25, 0.3) is 0 Å². The van der Waals surface area contributed by atoms with Crippen molar-refractivity contribution in [2.75, 3.05) is 5.32 Å². The van der Waals surface area contributed by atoms with E-state index in [1.54, 1.807) is 6.92 Å². The minimum Gasteiger partial charge on any atom is -0.322 e. The molecule has 104 valence electrons. The Morgan fingerprint density at radius 1 is 1.30 bits per heavy atom. The van der Waals surface area contributed by atoms with Crippen molar-refractivity contribution in [3.05, 3.63) is 62.6 Å². The molecule has 0 bridgehead atoms. The molecular formula is C14H9BrClF2NO. The van der Waals surface area contributed by atoms with Crippen LogP contribution in [0, 0.1) is 18.6 Å². The van der Waals surface area contributed by atoms with Gasteiger partial charge in [0, 0.05) is 5.69 Å². The number of hydrogen-bond donors (Lipinski definition) is 1. The van der Waals surface area contributed by atoms with Gasteiger partial charge in [-0.2, -0.15) is 0 Å².